The second-order valence-corrected chi connectivity index (χ2v) is 7.54. The fourth-order valence-corrected chi connectivity index (χ4v) is 2.59. The summed E-state index contributed by atoms with van der Waals surface area (Å²) in [5.41, 5.74) is -0.697. The summed E-state index contributed by atoms with van der Waals surface area (Å²) in [6.45, 7) is 9.88. The number of carboxylic acid groups (broad SMARTS) is 1. The molecule has 0 saturated carbocycles. The highest BCUT2D eigenvalue weighted by molar-refractivity contribution is 5.70. The standard InChI is InChI=1S/C15H27NO5/c1-14(2,3)21-13(20)16-9-15(4,5)7-6-10(16)11(17)8-12(18)19/h10-11,17H,6-9H2,1-5H3,(H,18,19)/t10?,11-/m1/s1. The van der Waals surface area contributed by atoms with E-state index < -0.39 is 29.8 Å². The molecule has 2 atom stereocenters. The summed E-state index contributed by atoms with van der Waals surface area (Å²) >= 11 is 0. The Kier molecular flexibility index (Phi) is 5.25. The van der Waals surface area contributed by atoms with Gasteiger partial charge in [0.2, 0.25) is 0 Å². The van der Waals surface area contributed by atoms with Gasteiger partial charge in [0.25, 0.3) is 0 Å². The van der Waals surface area contributed by atoms with E-state index in [1.54, 1.807) is 20.8 Å². The molecule has 0 bridgehead atoms. The molecule has 0 spiro atoms. The molecule has 0 aromatic rings. The highest BCUT2D eigenvalue weighted by Gasteiger charge is 2.41. The second-order valence-electron chi connectivity index (χ2n) is 7.54. The first-order valence-electron chi connectivity index (χ1n) is 7.31. The van der Waals surface area contributed by atoms with Crippen molar-refractivity contribution in [3.63, 3.8) is 0 Å². The zero-order chi connectivity index (χ0) is 16.4. The number of amides is 1. The summed E-state index contributed by atoms with van der Waals surface area (Å²) in [5.74, 6) is -1.07. The van der Waals surface area contributed by atoms with Crippen LogP contribution in [0.5, 0.6) is 0 Å². The summed E-state index contributed by atoms with van der Waals surface area (Å²) in [6, 6.07) is -0.510. The van der Waals surface area contributed by atoms with E-state index in [1.807, 2.05) is 13.8 Å². The van der Waals surface area contributed by atoms with Gasteiger partial charge in [-0.05, 0) is 39.0 Å². The van der Waals surface area contributed by atoms with E-state index in [4.69, 9.17) is 9.84 Å². The van der Waals surface area contributed by atoms with Crippen molar-refractivity contribution in [1.29, 1.82) is 0 Å². The van der Waals surface area contributed by atoms with E-state index in [9.17, 15) is 14.7 Å². The highest BCUT2D eigenvalue weighted by atomic mass is 16.6. The minimum Gasteiger partial charge on any atom is -0.481 e. The number of rotatable bonds is 3. The third kappa shape index (κ3) is 5.53. The van der Waals surface area contributed by atoms with E-state index in [0.29, 0.717) is 13.0 Å². The molecule has 0 aromatic carbocycles. The van der Waals surface area contributed by atoms with Gasteiger partial charge in [0.05, 0.1) is 18.6 Å². The largest absolute Gasteiger partial charge is 0.481 e. The van der Waals surface area contributed by atoms with Crippen molar-refractivity contribution in [1.82, 2.24) is 4.90 Å². The zero-order valence-corrected chi connectivity index (χ0v) is 13.5. The van der Waals surface area contributed by atoms with Crippen molar-refractivity contribution in [2.45, 2.75) is 71.6 Å². The quantitative estimate of drug-likeness (QED) is 0.835. The molecule has 0 radical (unpaired) electrons. The number of hydrogen-bond donors (Lipinski definition) is 2. The summed E-state index contributed by atoms with van der Waals surface area (Å²) in [6.07, 6.45) is -0.547. The number of nitrogens with zero attached hydrogens (tertiary/aromatic N) is 1. The predicted molar refractivity (Wildman–Crippen MR) is 78.0 cm³/mol. The first-order valence-corrected chi connectivity index (χ1v) is 7.31. The highest BCUT2D eigenvalue weighted by Crippen LogP contribution is 2.34. The van der Waals surface area contributed by atoms with Crippen LogP contribution in [0.1, 0.15) is 53.9 Å². The van der Waals surface area contributed by atoms with Gasteiger partial charge in [0.1, 0.15) is 5.60 Å². The number of aliphatic hydroxyl groups is 1. The molecule has 6 nitrogen and oxygen atoms in total. The molecule has 1 aliphatic rings. The van der Waals surface area contributed by atoms with Crippen LogP contribution in [-0.4, -0.2) is 51.5 Å². The summed E-state index contributed by atoms with van der Waals surface area (Å²) < 4.78 is 5.38. The number of aliphatic hydroxyl groups excluding tert-OH is 1. The Hall–Kier alpha value is -1.30. The molecule has 1 aliphatic heterocycles. The minimum atomic E-state index is -1.08. The number of aliphatic carboxylic acids is 1. The van der Waals surface area contributed by atoms with Crippen molar-refractivity contribution in [3.05, 3.63) is 0 Å². The first-order chi connectivity index (χ1) is 9.41. The lowest BCUT2D eigenvalue weighted by Gasteiger charge is -2.45. The molecular formula is C15H27NO5. The molecule has 1 amide bonds. The molecule has 1 rings (SSSR count). The van der Waals surface area contributed by atoms with E-state index in [-0.39, 0.29) is 11.8 Å². The second kappa shape index (κ2) is 6.22. The Morgan fingerprint density at radius 1 is 1.38 bits per heavy atom. The van der Waals surface area contributed by atoms with Crippen LogP contribution in [0.15, 0.2) is 0 Å². The lowest BCUT2D eigenvalue weighted by molar-refractivity contribution is -0.140. The molecule has 1 saturated heterocycles. The molecule has 6 heteroatoms. The topological polar surface area (TPSA) is 87.1 Å². The third-order valence-corrected chi connectivity index (χ3v) is 3.57. The number of carbonyl (C=O) groups excluding carboxylic acids is 1. The fraction of sp³-hybridized carbons (Fsp3) is 0.867. The summed E-state index contributed by atoms with van der Waals surface area (Å²) in [7, 11) is 0. The number of piperidine rings is 1. The predicted octanol–water partition coefficient (Wildman–Crippen LogP) is 2.25. The molecule has 1 unspecified atom stereocenters. The van der Waals surface area contributed by atoms with Crippen molar-refractivity contribution < 1.29 is 24.5 Å². The molecular weight excluding hydrogens is 274 g/mol. The van der Waals surface area contributed by atoms with Crippen LogP contribution in [0.25, 0.3) is 0 Å². The lowest BCUT2D eigenvalue weighted by Crippen LogP contribution is -2.55. The van der Waals surface area contributed by atoms with Crippen molar-refractivity contribution >= 4 is 12.1 Å². The molecule has 21 heavy (non-hydrogen) atoms. The van der Waals surface area contributed by atoms with Gasteiger partial charge in [-0.2, -0.15) is 0 Å². The van der Waals surface area contributed by atoms with Gasteiger partial charge in [-0.1, -0.05) is 13.8 Å². The Labute approximate surface area is 126 Å². The van der Waals surface area contributed by atoms with Gasteiger partial charge in [-0.15, -0.1) is 0 Å². The molecule has 2 N–H and O–H groups in total. The van der Waals surface area contributed by atoms with Crippen molar-refractivity contribution in [2.24, 2.45) is 5.41 Å². The Morgan fingerprint density at radius 3 is 2.43 bits per heavy atom. The summed E-state index contributed by atoms with van der Waals surface area (Å²) in [4.78, 5) is 24.6. The molecule has 1 fully saturated rings. The van der Waals surface area contributed by atoms with Crippen LogP contribution >= 0.6 is 0 Å². The van der Waals surface area contributed by atoms with Crippen LogP contribution in [0.2, 0.25) is 0 Å². The van der Waals surface area contributed by atoms with E-state index in [2.05, 4.69) is 0 Å². The number of hydrogen-bond acceptors (Lipinski definition) is 4. The maximum Gasteiger partial charge on any atom is 0.410 e. The summed E-state index contributed by atoms with van der Waals surface area (Å²) in [5, 5.41) is 18.9. The monoisotopic (exact) mass is 301 g/mol. The fourth-order valence-electron chi connectivity index (χ4n) is 2.59. The number of carboxylic acids is 1. The van der Waals surface area contributed by atoms with Gasteiger partial charge in [-0.3, -0.25) is 4.79 Å². The van der Waals surface area contributed by atoms with Gasteiger partial charge in [0, 0.05) is 6.54 Å². The molecule has 0 aromatic heterocycles. The molecule has 0 aliphatic carbocycles. The van der Waals surface area contributed by atoms with Gasteiger partial charge < -0.3 is 19.8 Å². The molecule has 1 heterocycles. The SMILES string of the molecule is CC1(C)CCC([C@H](O)CC(=O)O)N(C(=O)OC(C)(C)C)C1. The smallest absolute Gasteiger partial charge is 0.410 e. The van der Waals surface area contributed by atoms with E-state index in [1.165, 1.54) is 4.90 Å². The maximum absolute atomic E-state index is 12.3. The van der Waals surface area contributed by atoms with Gasteiger partial charge in [-0.25, -0.2) is 4.79 Å². The first kappa shape index (κ1) is 17.8. The average Bonchev–Trinajstić information content (AvgIpc) is 2.24. The van der Waals surface area contributed by atoms with Crippen molar-refractivity contribution in [2.75, 3.05) is 6.54 Å². The third-order valence-electron chi connectivity index (χ3n) is 3.57. The zero-order valence-electron chi connectivity index (χ0n) is 13.5. The van der Waals surface area contributed by atoms with Gasteiger partial charge in [0.15, 0.2) is 0 Å². The van der Waals surface area contributed by atoms with Crippen LogP contribution in [0, 0.1) is 5.41 Å². The van der Waals surface area contributed by atoms with E-state index >= 15 is 0 Å². The van der Waals surface area contributed by atoms with Crippen LogP contribution in [0.4, 0.5) is 4.79 Å². The van der Waals surface area contributed by atoms with Crippen molar-refractivity contribution in [3.8, 4) is 0 Å². The van der Waals surface area contributed by atoms with Gasteiger partial charge >= 0.3 is 12.1 Å². The van der Waals surface area contributed by atoms with Crippen LogP contribution < -0.4 is 0 Å². The Morgan fingerprint density at radius 2 is 1.95 bits per heavy atom. The lowest BCUT2D eigenvalue weighted by atomic mass is 9.80. The number of carbonyl (C=O) groups is 2. The maximum atomic E-state index is 12.3. The number of likely N-dealkylation sites (tertiary alicyclic amines) is 1. The van der Waals surface area contributed by atoms with Crippen LogP contribution in [-0.2, 0) is 9.53 Å². The Bertz CT molecular complexity index is 399. The minimum absolute atomic E-state index is 0.0731. The average molecular weight is 301 g/mol. The van der Waals surface area contributed by atoms with E-state index in [0.717, 1.165) is 6.42 Å². The molecule has 122 valence electrons. The normalized spacial score (nSPS) is 23.5. The number of ether oxygens (including phenoxy) is 1. The van der Waals surface area contributed by atoms with Crippen LogP contribution in [0.3, 0.4) is 0 Å². The Balaban J connectivity index is 2.89.